The van der Waals surface area contributed by atoms with Crippen LogP contribution in [0.25, 0.3) is 11.3 Å². The first-order valence-corrected chi connectivity index (χ1v) is 9.97. The normalized spacial score (nSPS) is 11.9. The van der Waals surface area contributed by atoms with E-state index < -0.39 is 11.6 Å². The zero-order chi connectivity index (χ0) is 21.8. The number of benzene rings is 2. The van der Waals surface area contributed by atoms with E-state index >= 15 is 0 Å². The van der Waals surface area contributed by atoms with E-state index in [9.17, 15) is 8.78 Å². The summed E-state index contributed by atoms with van der Waals surface area (Å²) in [5.41, 5.74) is 1.34. The number of hydrogen-bond donors (Lipinski definition) is 0. The zero-order valence-electron chi connectivity index (χ0n) is 16.6. The first-order chi connectivity index (χ1) is 15.1. The molecule has 2 aromatic carbocycles. The van der Waals surface area contributed by atoms with Gasteiger partial charge in [0.15, 0.2) is 5.82 Å². The minimum Gasteiger partial charge on any atom is -0.497 e. The topological polar surface area (TPSA) is 61.2 Å². The van der Waals surface area contributed by atoms with E-state index in [-0.39, 0.29) is 5.69 Å². The number of thiazole rings is 1. The summed E-state index contributed by atoms with van der Waals surface area (Å²) in [6, 6.07) is 12.1. The molecule has 0 atom stereocenters. The first kappa shape index (κ1) is 20.5. The highest BCUT2D eigenvalue weighted by molar-refractivity contribution is 7.07. The summed E-state index contributed by atoms with van der Waals surface area (Å²) in [6.45, 7) is 0. The molecule has 158 valence electrons. The molecule has 0 unspecified atom stereocenters. The van der Waals surface area contributed by atoms with E-state index in [0.29, 0.717) is 33.3 Å². The number of hydrogen-bond acceptors (Lipinski definition) is 6. The van der Waals surface area contributed by atoms with Crippen molar-refractivity contribution in [1.29, 1.82) is 0 Å². The lowest BCUT2D eigenvalue weighted by molar-refractivity contribution is 0.404. The van der Waals surface area contributed by atoms with Crippen LogP contribution in [0.15, 0.2) is 74.7 Å². The molecule has 0 saturated heterocycles. The molecule has 2 aromatic heterocycles. The summed E-state index contributed by atoms with van der Waals surface area (Å²) >= 11 is 1.24. The second-order valence-electron chi connectivity index (χ2n) is 6.25. The summed E-state index contributed by atoms with van der Waals surface area (Å²) < 4.78 is 45.2. The van der Waals surface area contributed by atoms with Crippen molar-refractivity contribution in [2.24, 2.45) is 10.1 Å². The molecular formula is C22H17F2N3O3S. The highest BCUT2D eigenvalue weighted by atomic mass is 32.1. The monoisotopic (exact) mass is 441 g/mol. The lowest BCUT2D eigenvalue weighted by Crippen LogP contribution is -2.12. The molecule has 6 nitrogen and oxygen atoms in total. The summed E-state index contributed by atoms with van der Waals surface area (Å²) in [5.74, 6) is 0.316. The highest BCUT2D eigenvalue weighted by Gasteiger charge is 2.15. The minimum absolute atomic E-state index is 0.00523. The van der Waals surface area contributed by atoms with Gasteiger partial charge in [-0.05, 0) is 42.5 Å². The average molecular weight is 441 g/mol. The summed E-state index contributed by atoms with van der Waals surface area (Å²) in [7, 11) is 3.13. The van der Waals surface area contributed by atoms with E-state index in [4.69, 9.17) is 13.9 Å². The van der Waals surface area contributed by atoms with Crippen LogP contribution < -0.4 is 14.3 Å². The molecule has 31 heavy (non-hydrogen) atoms. The first-order valence-electron chi connectivity index (χ1n) is 9.09. The number of aromatic nitrogens is 1. The zero-order valence-corrected chi connectivity index (χ0v) is 17.4. The largest absolute Gasteiger partial charge is 0.497 e. The number of ether oxygens (including phenoxy) is 2. The molecule has 0 aliphatic rings. The van der Waals surface area contributed by atoms with E-state index in [1.54, 1.807) is 38.5 Å². The standard InChI is InChI=1S/C22H17F2N3O3S/c1-28-15-6-8-21(29-2)17(11-15)20-13-31-22(26-19-7-5-14(23)10-18(19)24)27(20)25-12-16-4-3-9-30-16/h3-13H,1-2H3/b25-12+,26-22?. The number of furan rings is 1. The SMILES string of the molecule is COc1ccc(OC)c(-c2csc(=Nc3ccc(F)cc3F)n2/N=C/c2ccco2)c1. The van der Waals surface area contributed by atoms with Gasteiger partial charge in [0, 0.05) is 17.0 Å². The van der Waals surface area contributed by atoms with Gasteiger partial charge in [0.25, 0.3) is 0 Å². The Morgan fingerprint density at radius 1 is 1.06 bits per heavy atom. The summed E-state index contributed by atoms with van der Waals surface area (Å²) in [6.07, 6.45) is 3.05. The van der Waals surface area contributed by atoms with Crippen molar-refractivity contribution in [3.63, 3.8) is 0 Å². The minimum atomic E-state index is -0.768. The Morgan fingerprint density at radius 2 is 1.94 bits per heavy atom. The molecule has 2 heterocycles. The molecule has 4 rings (SSSR count). The Balaban J connectivity index is 1.92. The van der Waals surface area contributed by atoms with Crippen molar-refractivity contribution < 1.29 is 22.7 Å². The molecule has 9 heteroatoms. The molecule has 0 radical (unpaired) electrons. The fourth-order valence-corrected chi connectivity index (χ4v) is 3.68. The van der Waals surface area contributed by atoms with Gasteiger partial charge in [-0.15, -0.1) is 11.3 Å². The predicted molar refractivity (Wildman–Crippen MR) is 114 cm³/mol. The van der Waals surface area contributed by atoms with Crippen LogP contribution in [0.2, 0.25) is 0 Å². The fourth-order valence-electron chi connectivity index (χ4n) is 2.84. The van der Waals surface area contributed by atoms with Gasteiger partial charge in [0.05, 0.1) is 32.4 Å². The lowest BCUT2D eigenvalue weighted by atomic mass is 10.1. The second kappa shape index (κ2) is 8.97. The predicted octanol–water partition coefficient (Wildman–Crippen LogP) is 5.22. The Kier molecular flexibility index (Phi) is 5.94. The third kappa shape index (κ3) is 4.41. The van der Waals surface area contributed by atoms with Crippen LogP contribution in [0.3, 0.4) is 0 Å². The van der Waals surface area contributed by atoms with Crippen LogP contribution in [0.5, 0.6) is 11.5 Å². The average Bonchev–Trinajstić information content (AvgIpc) is 3.43. The Morgan fingerprint density at radius 3 is 2.65 bits per heavy atom. The lowest BCUT2D eigenvalue weighted by Gasteiger charge is -2.11. The quantitative estimate of drug-likeness (QED) is 0.386. The van der Waals surface area contributed by atoms with Gasteiger partial charge in [0.1, 0.15) is 28.8 Å². The van der Waals surface area contributed by atoms with Gasteiger partial charge in [0.2, 0.25) is 4.80 Å². The molecule has 0 spiro atoms. The maximum atomic E-state index is 14.2. The Bertz CT molecular complexity index is 1290. The van der Waals surface area contributed by atoms with Gasteiger partial charge in [-0.25, -0.2) is 18.4 Å². The number of rotatable bonds is 6. The van der Waals surface area contributed by atoms with Crippen molar-refractivity contribution in [2.75, 3.05) is 14.2 Å². The van der Waals surface area contributed by atoms with Crippen LogP contribution in [-0.2, 0) is 0 Å². The Hall–Kier alpha value is -3.72. The number of methoxy groups -OCH3 is 2. The molecular weight excluding hydrogens is 424 g/mol. The molecule has 0 bridgehead atoms. The summed E-state index contributed by atoms with van der Waals surface area (Å²) in [4.78, 5) is 4.72. The van der Waals surface area contributed by atoms with Gasteiger partial charge in [-0.3, -0.25) is 0 Å². The van der Waals surface area contributed by atoms with E-state index in [0.717, 1.165) is 12.1 Å². The van der Waals surface area contributed by atoms with Crippen LogP contribution in [0, 0.1) is 11.6 Å². The van der Waals surface area contributed by atoms with Gasteiger partial charge >= 0.3 is 0 Å². The molecule has 0 aliphatic carbocycles. The van der Waals surface area contributed by atoms with Crippen molar-refractivity contribution in [3.8, 4) is 22.8 Å². The Labute approximate surface area is 180 Å². The van der Waals surface area contributed by atoms with Crippen molar-refractivity contribution >= 4 is 23.2 Å². The van der Waals surface area contributed by atoms with Crippen molar-refractivity contribution in [2.45, 2.75) is 0 Å². The maximum Gasteiger partial charge on any atom is 0.211 e. The number of halogens is 2. The maximum absolute atomic E-state index is 14.2. The molecule has 4 aromatic rings. The van der Waals surface area contributed by atoms with E-state index in [1.165, 1.54) is 34.6 Å². The fraction of sp³-hybridized carbons (Fsp3) is 0.0909. The highest BCUT2D eigenvalue weighted by Crippen LogP contribution is 2.34. The van der Waals surface area contributed by atoms with Crippen LogP contribution in [0.1, 0.15) is 5.76 Å². The van der Waals surface area contributed by atoms with Gasteiger partial charge in [-0.2, -0.15) is 5.10 Å². The molecule has 0 amide bonds. The molecule has 0 N–H and O–H groups in total. The summed E-state index contributed by atoms with van der Waals surface area (Å²) in [5, 5.41) is 6.30. The molecule has 0 aliphatic heterocycles. The molecule has 0 fully saturated rings. The van der Waals surface area contributed by atoms with Gasteiger partial charge < -0.3 is 13.9 Å². The smallest absolute Gasteiger partial charge is 0.211 e. The van der Waals surface area contributed by atoms with Crippen LogP contribution in [-0.4, -0.2) is 25.1 Å². The van der Waals surface area contributed by atoms with Crippen LogP contribution in [0.4, 0.5) is 14.5 Å². The van der Waals surface area contributed by atoms with Crippen LogP contribution >= 0.6 is 11.3 Å². The third-order valence-electron chi connectivity index (χ3n) is 4.34. The third-order valence-corrected chi connectivity index (χ3v) is 5.15. The van der Waals surface area contributed by atoms with Crippen molar-refractivity contribution in [1.82, 2.24) is 4.68 Å². The van der Waals surface area contributed by atoms with E-state index in [2.05, 4.69) is 10.1 Å². The van der Waals surface area contributed by atoms with E-state index in [1.807, 2.05) is 11.4 Å². The molecule has 0 saturated carbocycles. The van der Waals surface area contributed by atoms with Crippen molar-refractivity contribution in [3.05, 3.63) is 82.4 Å². The number of nitrogens with zero attached hydrogens (tertiary/aromatic N) is 3. The van der Waals surface area contributed by atoms with Gasteiger partial charge in [-0.1, -0.05) is 0 Å². The second-order valence-corrected chi connectivity index (χ2v) is 7.09.